The Kier molecular flexibility index (Phi) is 2.19. The van der Waals surface area contributed by atoms with Crippen molar-refractivity contribution in [3.63, 3.8) is 0 Å². The summed E-state index contributed by atoms with van der Waals surface area (Å²) in [5.41, 5.74) is 0.0770. The molecule has 0 bridgehead atoms. The van der Waals surface area contributed by atoms with Gasteiger partial charge in [0, 0.05) is 6.42 Å². The van der Waals surface area contributed by atoms with Gasteiger partial charge in [-0.25, -0.2) is 0 Å². The lowest BCUT2D eigenvalue weighted by molar-refractivity contribution is -0.125. The van der Waals surface area contributed by atoms with Crippen LogP contribution < -0.4 is 0 Å². The van der Waals surface area contributed by atoms with Gasteiger partial charge in [-0.2, -0.15) is 5.26 Å². The van der Waals surface area contributed by atoms with Gasteiger partial charge in [-0.05, 0) is 37.2 Å². The SMILES string of the molecule is C=C1CC[C@H]2CCCCC(=O)[C@@]12C#N. The highest BCUT2D eigenvalue weighted by molar-refractivity contribution is 5.91. The molecule has 0 unspecified atom stereocenters. The van der Waals surface area contributed by atoms with Gasteiger partial charge in [-0.15, -0.1) is 0 Å². The quantitative estimate of drug-likeness (QED) is 0.549. The Morgan fingerprint density at radius 2 is 2.14 bits per heavy atom. The molecule has 0 aromatic carbocycles. The first-order valence-corrected chi connectivity index (χ1v) is 5.34. The molecule has 2 atom stereocenters. The van der Waals surface area contributed by atoms with Crippen molar-refractivity contribution in [2.45, 2.75) is 38.5 Å². The molecule has 0 saturated heterocycles. The Morgan fingerprint density at radius 3 is 2.86 bits per heavy atom. The summed E-state index contributed by atoms with van der Waals surface area (Å²) in [4.78, 5) is 12.0. The summed E-state index contributed by atoms with van der Waals surface area (Å²) in [6.07, 6.45) is 5.49. The molecule has 0 radical (unpaired) electrons. The maximum absolute atomic E-state index is 12.0. The minimum Gasteiger partial charge on any atom is -0.298 e. The minimum atomic E-state index is -0.795. The Labute approximate surface area is 84.6 Å². The Balaban J connectivity index is 2.45. The van der Waals surface area contributed by atoms with E-state index in [0.717, 1.165) is 37.7 Å². The minimum absolute atomic E-state index is 0.130. The normalized spacial score (nSPS) is 37.5. The first-order chi connectivity index (χ1) is 6.71. The van der Waals surface area contributed by atoms with Crippen LogP contribution in [0.15, 0.2) is 12.2 Å². The molecule has 14 heavy (non-hydrogen) atoms. The number of carbonyl (C=O) groups excluding carboxylic acids is 1. The summed E-state index contributed by atoms with van der Waals surface area (Å²) in [7, 11) is 0. The third kappa shape index (κ3) is 1.05. The lowest BCUT2D eigenvalue weighted by Crippen LogP contribution is -2.33. The molecule has 0 amide bonds. The zero-order valence-corrected chi connectivity index (χ0v) is 8.38. The highest BCUT2D eigenvalue weighted by Crippen LogP contribution is 2.51. The number of carbonyl (C=O) groups is 1. The molecule has 2 rings (SSSR count). The molecule has 2 saturated carbocycles. The van der Waals surface area contributed by atoms with Crippen molar-refractivity contribution in [3.8, 4) is 6.07 Å². The number of hydrogen-bond donors (Lipinski definition) is 0. The third-order valence-corrected chi connectivity index (χ3v) is 3.79. The number of nitrogens with zero attached hydrogens (tertiary/aromatic N) is 1. The van der Waals surface area contributed by atoms with Crippen molar-refractivity contribution in [2.75, 3.05) is 0 Å². The Hall–Kier alpha value is -1.10. The second-order valence-electron chi connectivity index (χ2n) is 4.43. The summed E-state index contributed by atoms with van der Waals surface area (Å²) in [6, 6.07) is 2.27. The number of fused-ring (bicyclic) bond motifs is 1. The van der Waals surface area contributed by atoms with Crippen LogP contribution in [-0.4, -0.2) is 5.78 Å². The van der Waals surface area contributed by atoms with Crippen LogP contribution >= 0.6 is 0 Å². The van der Waals surface area contributed by atoms with Gasteiger partial charge in [-0.1, -0.05) is 13.0 Å². The largest absolute Gasteiger partial charge is 0.298 e. The van der Waals surface area contributed by atoms with Crippen LogP contribution in [0.25, 0.3) is 0 Å². The van der Waals surface area contributed by atoms with Gasteiger partial charge >= 0.3 is 0 Å². The zero-order valence-electron chi connectivity index (χ0n) is 8.38. The van der Waals surface area contributed by atoms with Gasteiger partial charge in [0.2, 0.25) is 0 Å². The molecule has 0 aromatic rings. The fourth-order valence-electron chi connectivity index (χ4n) is 2.94. The zero-order chi connectivity index (χ0) is 10.2. The summed E-state index contributed by atoms with van der Waals surface area (Å²) >= 11 is 0. The highest BCUT2D eigenvalue weighted by Gasteiger charge is 2.51. The van der Waals surface area contributed by atoms with Gasteiger partial charge in [-0.3, -0.25) is 4.79 Å². The van der Waals surface area contributed by atoms with Gasteiger partial charge in [0.15, 0.2) is 5.78 Å². The Morgan fingerprint density at radius 1 is 1.36 bits per heavy atom. The maximum Gasteiger partial charge on any atom is 0.157 e. The second kappa shape index (κ2) is 3.24. The predicted octanol–water partition coefficient (Wildman–Crippen LogP) is 2.61. The van der Waals surface area contributed by atoms with E-state index in [2.05, 4.69) is 12.6 Å². The van der Waals surface area contributed by atoms with Crippen LogP contribution in [0, 0.1) is 22.7 Å². The monoisotopic (exact) mass is 189 g/mol. The number of hydrogen-bond acceptors (Lipinski definition) is 2. The maximum atomic E-state index is 12.0. The molecule has 2 nitrogen and oxygen atoms in total. The van der Waals surface area contributed by atoms with E-state index < -0.39 is 5.41 Å². The smallest absolute Gasteiger partial charge is 0.157 e. The Bertz CT molecular complexity index is 326. The first-order valence-electron chi connectivity index (χ1n) is 5.34. The topological polar surface area (TPSA) is 40.9 Å². The fraction of sp³-hybridized carbons (Fsp3) is 0.667. The summed E-state index contributed by atoms with van der Waals surface area (Å²) in [5, 5.41) is 9.29. The van der Waals surface area contributed by atoms with Crippen molar-refractivity contribution >= 4 is 5.78 Å². The van der Waals surface area contributed by atoms with Gasteiger partial charge in [0.1, 0.15) is 5.41 Å². The van der Waals surface area contributed by atoms with Crippen molar-refractivity contribution in [1.29, 1.82) is 5.26 Å². The lowest BCUT2D eigenvalue weighted by atomic mass is 9.72. The van der Waals surface area contributed by atoms with Crippen LogP contribution in [0.3, 0.4) is 0 Å². The average molecular weight is 189 g/mol. The predicted molar refractivity (Wildman–Crippen MR) is 53.4 cm³/mol. The van der Waals surface area contributed by atoms with Crippen LogP contribution in [-0.2, 0) is 4.79 Å². The van der Waals surface area contributed by atoms with Gasteiger partial charge in [0.25, 0.3) is 0 Å². The van der Waals surface area contributed by atoms with Crippen LogP contribution in [0.2, 0.25) is 0 Å². The number of allylic oxidation sites excluding steroid dienone is 1. The fourth-order valence-corrected chi connectivity index (χ4v) is 2.94. The molecule has 0 aromatic heterocycles. The van der Waals surface area contributed by atoms with Crippen LogP contribution in [0.1, 0.15) is 38.5 Å². The molecule has 2 aliphatic carbocycles. The first kappa shape index (κ1) is 9.45. The van der Waals surface area contributed by atoms with E-state index in [4.69, 9.17) is 0 Å². The number of Topliss-reactive ketones (excluding diaryl/α,β-unsaturated/α-hetero) is 1. The molecule has 0 aliphatic heterocycles. The molecule has 2 aliphatic rings. The summed E-state index contributed by atoms with van der Waals surface area (Å²) < 4.78 is 0. The number of rotatable bonds is 0. The molecular formula is C12H15NO. The molecule has 0 spiro atoms. The standard InChI is InChI=1S/C12H15NO/c1-9-6-7-10-4-2-3-5-11(14)12(9,10)8-13/h10H,1-7H2/t10-,12+/m1/s1. The summed E-state index contributed by atoms with van der Waals surface area (Å²) in [6.45, 7) is 3.93. The van der Waals surface area contributed by atoms with Crippen molar-refractivity contribution in [2.24, 2.45) is 11.3 Å². The molecule has 0 N–H and O–H groups in total. The highest BCUT2D eigenvalue weighted by atomic mass is 16.1. The van der Waals surface area contributed by atoms with E-state index in [1.807, 2.05) is 0 Å². The number of ketones is 1. The van der Waals surface area contributed by atoms with Crippen LogP contribution in [0.4, 0.5) is 0 Å². The second-order valence-corrected chi connectivity index (χ2v) is 4.43. The van der Waals surface area contributed by atoms with E-state index >= 15 is 0 Å². The van der Waals surface area contributed by atoms with Crippen LogP contribution in [0.5, 0.6) is 0 Å². The number of nitriles is 1. The van der Waals surface area contributed by atoms with Crippen molar-refractivity contribution < 1.29 is 4.79 Å². The van der Waals surface area contributed by atoms with Gasteiger partial charge in [0.05, 0.1) is 6.07 Å². The molecule has 2 fully saturated rings. The van der Waals surface area contributed by atoms with E-state index in [9.17, 15) is 10.1 Å². The van der Waals surface area contributed by atoms with E-state index in [1.54, 1.807) is 0 Å². The van der Waals surface area contributed by atoms with E-state index in [-0.39, 0.29) is 11.7 Å². The lowest BCUT2D eigenvalue weighted by Gasteiger charge is -2.25. The van der Waals surface area contributed by atoms with Crippen molar-refractivity contribution in [3.05, 3.63) is 12.2 Å². The average Bonchev–Trinajstić information content (AvgIpc) is 2.40. The molecular weight excluding hydrogens is 174 g/mol. The third-order valence-electron chi connectivity index (χ3n) is 3.79. The molecule has 2 heteroatoms. The summed E-state index contributed by atoms with van der Waals surface area (Å²) in [5.74, 6) is 0.389. The molecule has 0 heterocycles. The van der Waals surface area contributed by atoms with E-state index in [0.29, 0.717) is 6.42 Å². The van der Waals surface area contributed by atoms with E-state index in [1.165, 1.54) is 0 Å². The van der Waals surface area contributed by atoms with Gasteiger partial charge < -0.3 is 0 Å². The molecule has 74 valence electrons. The van der Waals surface area contributed by atoms with Crippen molar-refractivity contribution in [1.82, 2.24) is 0 Å².